The largest absolute Gasteiger partial charge is 0.480 e. The van der Waals surface area contributed by atoms with E-state index in [0.29, 0.717) is 12.8 Å². The summed E-state index contributed by atoms with van der Waals surface area (Å²) in [6.45, 7) is -1.07. The summed E-state index contributed by atoms with van der Waals surface area (Å²) in [7, 11) is 0. The van der Waals surface area contributed by atoms with Crippen molar-refractivity contribution < 1.29 is 32.6 Å². The summed E-state index contributed by atoms with van der Waals surface area (Å²) in [5.41, 5.74) is 0. The summed E-state index contributed by atoms with van der Waals surface area (Å²) in [6.07, 6.45) is -3.37. The fourth-order valence-corrected chi connectivity index (χ4v) is 2.12. The standard InChI is InChI=1S/C11H16F3NO4/c12-11(13,14)7-2-1-3-8(4-7)15-9(16)5-19-6-10(17)18/h7-8H,1-6H2,(H,15,16)(H,17,18). The number of amides is 1. The van der Waals surface area contributed by atoms with Gasteiger partial charge in [-0.25, -0.2) is 4.79 Å². The number of carbonyl (C=O) groups excluding carboxylic acids is 1. The number of ether oxygens (including phenoxy) is 1. The number of alkyl halides is 3. The summed E-state index contributed by atoms with van der Waals surface area (Å²) in [5.74, 6) is -3.18. The zero-order chi connectivity index (χ0) is 14.5. The first kappa shape index (κ1) is 15.7. The summed E-state index contributed by atoms with van der Waals surface area (Å²) in [4.78, 5) is 21.5. The molecule has 1 amide bonds. The van der Waals surface area contributed by atoms with Crippen LogP contribution in [0.1, 0.15) is 25.7 Å². The highest BCUT2D eigenvalue weighted by Gasteiger charge is 2.42. The predicted molar refractivity (Wildman–Crippen MR) is 58.4 cm³/mol. The molecule has 1 saturated carbocycles. The van der Waals surface area contributed by atoms with Crippen LogP contribution in [-0.4, -0.2) is 42.4 Å². The molecule has 1 aliphatic rings. The van der Waals surface area contributed by atoms with E-state index in [0.717, 1.165) is 0 Å². The number of nitrogens with one attached hydrogen (secondary N) is 1. The molecule has 0 saturated heterocycles. The van der Waals surface area contributed by atoms with E-state index < -0.39 is 43.2 Å². The SMILES string of the molecule is O=C(O)COCC(=O)NC1CCCC(C(F)(F)F)C1. The van der Waals surface area contributed by atoms with Crippen LogP contribution < -0.4 is 5.32 Å². The van der Waals surface area contributed by atoms with Gasteiger partial charge in [-0.1, -0.05) is 6.42 Å². The molecule has 5 nitrogen and oxygen atoms in total. The fraction of sp³-hybridized carbons (Fsp3) is 0.818. The molecular weight excluding hydrogens is 267 g/mol. The van der Waals surface area contributed by atoms with Crippen molar-refractivity contribution in [3.8, 4) is 0 Å². The van der Waals surface area contributed by atoms with Crippen molar-refractivity contribution in [3.05, 3.63) is 0 Å². The van der Waals surface area contributed by atoms with Crippen LogP contribution in [0.3, 0.4) is 0 Å². The maximum absolute atomic E-state index is 12.5. The lowest BCUT2D eigenvalue weighted by Gasteiger charge is -2.30. The van der Waals surface area contributed by atoms with Crippen molar-refractivity contribution in [2.24, 2.45) is 5.92 Å². The van der Waals surface area contributed by atoms with E-state index in [-0.39, 0.29) is 12.8 Å². The molecule has 0 aromatic rings. The third-order valence-electron chi connectivity index (χ3n) is 2.96. The van der Waals surface area contributed by atoms with Gasteiger partial charge in [0.1, 0.15) is 13.2 Å². The molecule has 0 bridgehead atoms. The number of carboxylic acid groups (broad SMARTS) is 1. The Labute approximate surface area is 108 Å². The van der Waals surface area contributed by atoms with Gasteiger partial charge in [-0.15, -0.1) is 0 Å². The van der Waals surface area contributed by atoms with Crippen molar-refractivity contribution in [1.82, 2.24) is 5.32 Å². The molecule has 2 unspecified atom stereocenters. The molecule has 19 heavy (non-hydrogen) atoms. The van der Waals surface area contributed by atoms with E-state index in [1.54, 1.807) is 0 Å². The Hall–Kier alpha value is -1.31. The molecule has 0 heterocycles. The Kier molecular flexibility index (Phi) is 5.59. The topological polar surface area (TPSA) is 75.6 Å². The minimum absolute atomic E-state index is 0.0887. The highest BCUT2D eigenvalue weighted by atomic mass is 19.4. The van der Waals surface area contributed by atoms with Gasteiger partial charge in [-0.3, -0.25) is 4.79 Å². The number of carboxylic acids is 1. The van der Waals surface area contributed by atoms with Gasteiger partial charge in [0.25, 0.3) is 0 Å². The Morgan fingerprint density at radius 1 is 1.26 bits per heavy atom. The number of rotatable bonds is 5. The summed E-state index contributed by atoms with van der Waals surface area (Å²) >= 11 is 0. The molecule has 1 rings (SSSR count). The zero-order valence-corrected chi connectivity index (χ0v) is 10.2. The lowest BCUT2D eigenvalue weighted by molar-refractivity contribution is -0.184. The first-order chi connectivity index (χ1) is 8.79. The van der Waals surface area contributed by atoms with E-state index in [1.807, 2.05) is 0 Å². The molecule has 0 aromatic carbocycles. The quantitative estimate of drug-likeness (QED) is 0.798. The van der Waals surface area contributed by atoms with Gasteiger partial charge >= 0.3 is 12.1 Å². The van der Waals surface area contributed by atoms with Crippen LogP contribution in [0.25, 0.3) is 0 Å². The smallest absolute Gasteiger partial charge is 0.391 e. The van der Waals surface area contributed by atoms with Crippen molar-refractivity contribution in [2.45, 2.75) is 37.9 Å². The van der Waals surface area contributed by atoms with E-state index in [2.05, 4.69) is 10.1 Å². The Bertz CT molecular complexity index is 332. The maximum Gasteiger partial charge on any atom is 0.391 e. The van der Waals surface area contributed by atoms with Crippen LogP contribution in [0.4, 0.5) is 13.2 Å². The second kappa shape index (κ2) is 6.74. The van der Waals surface area contributed by atoms with Gasteiger partial charge in [0.15, 0.2) is 0 Å². The van der Waals surface area contributed by atoms with Gasteiger partial charge in [-0.2, -0.15) is 13.2 Å². The summed E-state index contributed by atoms with van der Waals surface area (Å²) < 4.78 is 42.2. The predicted octanol–water partition coefficient (Wildman–Crippen LogP) is 1.32. The number of aliphatic carboxylic acids is 1. The van der Waals surface area contributed by atoms with Gasteiger partial charge in [0.2, 0.25) is 5.91 Å². The first-order valence-electron chi connectivity index (χ1n) is 5.94. The Balaban J connectivity index is 2.32. The summed E-state index contributed by atoms with van der Waals surface area (Å²) in [6, 6.07) is -0.527. The van der Waals surface area contributed by atoms with Crippen LogP contribution >= 0.6 is 0 Å². The van der Waals surface area contributed by atoms with Crippen LogP contribution in [-0.2, 0) is 14.3 Å². The second-order valence-corrected chi connectivity index (χ2v) is 4.56. The average molecular weight is 283 g/mol. The number of hydrogen-bond donors (Lipinski definition) is 2. The monoisotopic (exact) mass is 283 g/mol. The lowest BCUT2D eigenvalue weighted by Crippen LogP contribution is -2.43. The molecule has 2 atom stereocenters. The van der Waals surface area contributed by atoms with E-state index in [4.69, 9.17) is 5.11 Å². The molecular formula is C11H16F3NO4. The van der Waals surface area contributed by atoms with Crippen molar-refractivity contribution in [2.75, 3.05) is 13.2 Å². The molecule has 0 aromatic heterocycles. The van der Waals surface area contributed by atoms with Crippen LogP contribution in [0.15, 0.2) is 0 Å². The van der Waals surface area contributed by atoms with E-state index in [1.165, 1.54) is 0 Å². The van der Waals surface area contributed by atoms with Crippen LogP contribution in [0, 0.1) is 5.92 Å². The van der Waals surface area contributed by atoms with E-state index >= 15 is 0 Å². The third-order valence-corrected chi connectivity index (χ3v) is 2.96. The second-order valence-electron chi connectivity index (χ2n) is 4.56. The zero-order valence-electron chi connectivity index (χ0n) is 10.2. The number of carbonyl (C=O) groups is 2. The molecule has 110 valence electrons. The van der Waals surface area contributed by atoms with Gasteiger partial charge in [-0.05, 0) is 19.3 Å². The molecule has 2 N–H and O–H groups in total. The molecule has 0 radical (unpaired) electrons. The average Bonchev–Trinajstić information content (AvgIpc) is 2.27. The van der Waals surface area contributed by atoms with Crippen molar-refractivity contribution in [3.63, 3.8) is 0 Å². The highest BCUT2D eigenvalue weighted by molar-refractivity contribution is 5.78. The van der Waals surface area contributed by atoms with Gasteiger partial charge in [0.05, 0.1) is 5.92 Å². The van der Waals surface area contributed by atoms with E-state index in [9.17, 15) is 22.8 Å². The number of halogens is 3. The molecule has 0 spiro atoms. The summed E-state index contributed by atoms with van der Waals surface area (Å²) in [5, 5.41) is 10.7. The van der Waals surface area contributed by atoms with Crippen LogP contribution in [0.2, 0.25) is 0 Å². The Morgan fingerprint density at radius 3 is 2.53 bits per heavy atom. The van der Waals surface area contributed by atoms with Crippen LogP contribution in [0.5, 0.6) is 0 Å². The minimum Gasteiger partial charge on any atom is -0.480 e. The minimum atomic E-state index is -4.23. The highest BCUT2D eigenvalue weighted by Crippen LogP contribution is 2.37. The molecule has 1 fully saturated rings. The van der Waals surface area contributed by atoms with Crippen molar-refractivity contribution >= 4 is 11.9 Å². The molecule has 0 aliphatic heterocycles. The van der Waals surface area contributed by atoms with Crippen molar-refractivity contribution in [1.29, 1.82) is 0 Å². The first-order valence-corrected chi connectivity index (χ1v) is 5.94. The number of hydrogen-bond acceptors (Lipinski definition) is 3. The lowest BCUT2D eigenvalue weighted by atomic mass is 9.85. The third kappa shape index (κ3) is 5.91. The Morgan fingerprint density at radius 2 is 1.95 bits per heavy atom. The molecule has 8 heteroatoms. The van der Waals surface area contributed by atoms with Gasteiger partial charge in [0, 0.05) is 6.04 Å². The molecule has 1 aliphatic carbocycles. The van der Waals surface area contributed by atoms with Gasteiger partial charge < -0.3 is 15.2 Å². The fourth-order valence-electron chi connectivity index (χ4n) is 2.12. The normalized spacial score (nSPS) is 23.9. The maximum atomic E-state index is 12.5.